The predicted octanol–water partition coefficient (Wildman–Crippen LogP) is 1.61. The summed E-state index contributed by atoms with van der Waals surface area (Å²) in [6, 6.07) is 10.9. The monoisotopic (exact) mass is 337 g/mol. The van der Waals surface area contributed by atoms with Crippen LogP contribution < -0.4 is 4.74 Å². The molecule has 4 rings (SSSR count). The Balaban J connectivity index is 1.40. The van der Waals surface area contributed by atoms with Crippen molar-refractivity contribution in [2.45, 2.75) is 6.42 Å². The SMILES string of the molecule is O=C(c1ccc2c(c1)CCO2)N1CCN(C(=O)c2ccccn2)CC1. The number of hydrogen-bond donors (Lipinski definition) is 0. The highest BCUT2D eigenvalue weighted by atomic mass is 16.5. The number of carbonyl (C=O) groups excluding carboxylic acids is 2. The van der Waals surface area contributed by atoms with Crippen molar-refractivity contribution in [1.82, 2.24) is 14.8 Å². The van der Waals surface area contributed by atoms with Gasteiger partial charge in [0.2, 0.25) is 0 Å². The van der Waals surface area contributed by atoms with E-state index in [4.69, 9.17) is 4.74 Å². The third-order valence-corrected chi connectivity index (χ3v) is 4.67. The summed E-state index contributed by atoms with van der Waals surface area (Å²) in [4.78, 5) is 32.8. The Morgan fingerprint density at radius 2 is 1.72 bits per heavy atom. The van der Waals surface area contributed by atoms with E-state index in [1.165, 1.54) is 0 Å². The van der Waals surface area contributed by atoms with Crippen LogP contribution in [0.15, 0.2) is 42.6 Å². The molecule has 1 aromatic carbocycles. The summed E-state index contributed by atoms with van der Waals surface area (Å²) < 4.78 is 5.49. The van der Waals surface area contributed by atoms with Gasteiger partial charge in [0.25, 0.3) is 11.8 Å². The number of ether oxygens (including phenoxy) is 1. The van der Waals surface area contributed by atoms with Gasteiger partial charge in [-0.3, -0.25) is 14.6 Å². The minimum Gasteiger partial charge on any atom is -0.493 e. The molecule has 6 nitrogen and oxygen atoms in total. The highest BCUT2D eigenvalue weighted by Crippen LogP contribution is 2.26. The molecule has 0 atom stereocenters. The van der Waals surface area contributed by atoms with Gasteiger partial charge in [0.05, 0.1) is 6.61 Å². The molecule has 6 heteroatoms. The molecule has 2 amide bonds. The fraction of sp³-hybridized carbons (Fsp3) is 0.316. The van der Waals surface area contributed by atoms with Gasteiger partial charge in [0.1, 0.15) is 11.4 Å². The molecule has 2 aliphatic heterocycles. The third kappa shape index (κ3) is 3.07. The van der Waals surface area contributed by atoms with Crippen molar-refractivity contribution in [3.05, 3.63) is 59.4 Å². The highest BCUT2D eigenvalue weighted by Gasteiger charge is 2.26. The fourth-order valence-electron chi connectivity index (χ4n) is 3.27. The first-order valence-electron chi connectivity index (χ1n) is 8.48. The molecule has 1 fully saturated rings. The third-order valence-electron chi connectivity index (χ3n) is 4.67. The zero-order chi connectivity index (χ0) is 17.2. The summed E-state index contributed by atoms with van der Waals surface area (Å²) >= 11 is 0. The van der Waals surface area contributed by atoms with Gasteiger partial charge >= 0.3 is 0 Å². The zero-order valence-corrected chi connectivity index (χ0v) is 13.9. The van der Waals surface area contributed by atoms with Crippen molar-refractivity contribution >= 4 is 11.8 Å². The van der Waals surface area contributed by atoms with Crippen molar-refractivity contribution in [3.63, 3.8) is 0 Å². The minimum absolute atomic E-state index is 0.0136. The lowest BCUT2D eigenvalue weighted by atomic mass is 10.1. The minimum atomic E-state index is -0.0811. The Bertz CT molecular complexity index is 799. The topological polar surface area (TPSA) is 62.7 Å². The van der Waals surface area contributed by atoms with Crippen molar-refractivity contribution in [2.24, 2.45) is 0 Å². The maximum atomic E-state index is 12.7. The lowest BCUT2D eigenvalue weighted by Gasteiger charge is -2.34. The van der Waals surface area contributed by atoms with E-state index in [1.54, 1.807) is 34.2 Å². The van der Waals surface area contributed by atoms with Crippen molar-refractivity contribution in [2.75, 3.05) is 32.8 Å². The number of pyridine rings is 1. The summed E-state index contributed by atoms with van der Waals surface area (Å²) in [5.41, 5.74) is 2.23. The molecule has 0 saturated carbocycles. The maximum absolute atomic E-state index is 12.7. The van der Waals surface area contributed by atoms with Crippen molar-refractivity contribution in [1.29, 1.82) is 0 Å². The van der Waals surface area contributed by atoms with Gasteiger partial charge in [0, 0.05) is 44.4 Å². The lowest BCUT2D eigenvalue weighted by molar-refractivity contribution is 0.0532. The number of aromatic nitrogens is 1. The van der Waals surface area contributed by atoms with E-state index >= 15 is 0 Å². The smallest absolute Gasteiger partial charge is 0.272 e. The first-order valence-corrected chi connectivity index (χ1v) is 8.48. The van der Waals surface area contributed by atoms with Gasteiger partial charge in [0.15, 0.2) is 0 Å². The van der Waals surface area contributed by atoms with Crippen LogP contribution >= 0.6 is 0 Å². The largest absolute Gasteiger partial charge is 0.493 e. The maximum Gasteiger partial charge on any atom is 0.272 e. The van der Waals surface area contributed by atoms with E-state index in [-0.39, 0.29) is 11.8 Å². The summed E-state index contributed by atoms with van der Waals surface area (Å²) in [6.07, 6.45) is 2.47. The molecule has 0 unspecified atom stereocenters. The second kappa shape index (κ2) is 6.55. The molecule has 0 bridgehead atoms. The first-order chi connectivity index (χ1) is 12.2. The van der Waals surface area contributed by atoms with Crippen LogP contribution in [-0.2, 0) is 6.42 Å². The number of amides is 2. The average Bonchev–Trinajstić information content (AvgIpc) is 3.15. The van der Waals surface area contributed by atoms with E-state index in [0.29, 0.717) is 44.0 Å². The first kappa shape index (κ1) is 15.6. The summed E-state index contributed by atoms with van der Waals surface area (Å²) in [5, 5.41) is 0. The van der Waals surface area contributed by atoms with Gasteiger partial charge in [-0.05, 0) is 35.9 Å². The van der Waals surface area contributed by atoms with Crippen LogP contribution in [0.1, 0.15) is 26.4 Å². The molecule has 0 spiro atoms. The molecule has 0 N–H and O–H groups in total. The number of fused-ring (bicyclic) bond motifs is 1. The van der Waals surface area contributed by atoms with Crippen LogP contribution in [0, 0.1) is 0 Å². The predicted molar refractivity (Wildman–Crippen MR) is 91.7 cm³/mol. The standard InChI is InChI=1S/C19H19N3O3/c23-18(15-4-5-17-14(13-15)6-12-25-17)21-8-10-22(11-9-21)19(24)16-3-1-2-7-20-16/h1-5,7,13H,6,8-12H2. The molecule has 0 radical (unpaired) electrons. The summed E-state index contributed by atoms with van der Waals surface area (Å²) in [5.74, 6) is 0.810. The number of hydrogen-bond acceptors (Lipinski definition) is 4. The lowest BCUT2D eigenvalue weighted by Crippen LogP contribution is -2.50. The van der Waals surface area contributed by atoms with Gasteiger partial charge in [-0.1, -0.05) is 6.07 Å². The Labute approximate surface area is 146 Å². The molecule has 0 aliphatic carbocycles. The Hall–Kier alpha value is -2.89. The molecular weight excluding hydrogens is 318 g/mol. The normalized spacial score (nSPS) is 16.3. The van der Waals surface area contributed by atoms with E-state index in [2.05, 4.69) is 4.98 Å². The van der Waals surface area contributed by atoms with Crippen molar-refractivity contribution in [3.8, 4) is 5.75 Å². The Kier molecular flexibility index (Phi) is 4.09. The van der Waals surface area contributed by atoms with Crippen LogP contribution in [0.5, 0.6) is 5.75 Å². The Morgan fingerprint density at radius 1 is 0.960 bits per heavy atom. The van der Waals surface area contributed by atoms with Crippen molar-refractivity contribution < 1.29 is 14.3 Å². The number of piperazine rings is 1. The van der Waals surface area contributed by atoms with Gasteiger partial charge in [-0.25, -0.2) is 0 Å². The second-order valence-electron chi connectivity index (χ2n) is 6.22. The summed E-state index contributed by atoms with van der Waals surface area (Å²) in [7, 11) is 0. The number of benzene rings is 1. The molecule has 25 heavy (non-hydrogen) atoms. The number of carbonyl (C=O) groups is 2. The quantitative estimate of drug-likeness (QED) is 0.835. The molecule has 2 aromatic rings. The van der Waals surface area contributed by atoms with Gasteiger partial charge in [-0.2, -0.15) is 0 Å². The zero-order valence-electron chi connectivity index (χ0n) is 13.9. The van der Waals surface area contributed by atoms with E-state index < -0.39 is 0 Å². The van der Waals surface area contributed by atoms with Crippen LogP contribution in [0.2, 0.25) is 0 Å². The van der Waals surface area contributed by atoms with Crippen LogP contribution in [0.4, 0.5) is 0 Å². The number of nitrogens with zero attached hydrogens (tertiary/aromatic N) is 3. The summed E-state index contributed by atoms with van der Waals surface area (Å²) in [6.45, 7) is 2.79. The number of rotatable bonds is 2. The second-order valence-corrected chi connectivity index (χ2v) is 6.22. The highest BCUT2D eigenvalue weighted by molar-refractivity contribution is 5.95. The van der Waals surface area contributed by atoms with Gasteiger partial charge in [-0.15, -0.1) is 0 Å². The van der Waals surface area contributed by atoms with E-state index in [1.807, 2.05) is 18.2 Å². The molecule has 2 aliphatic rings. The van der Waals surface area contributed by atoms with Crippen LogP contribution in [-0.4, -0.2) is 59.4 Å². The molecule has 128 valence electrons. The van der Waals surface area contributed by atoms with E-state index in [9.17, 15) is 9.59 Å². The molecule has 3 heterocycles. The van der Waals surface area contributed by atoms with E-state index in [0.717, 1.165) is 17.7 Å². The fourth-order valence-corrected chi connectivity index (χ4v) is 3.27. The van der Waals surface area contributed by atoms with Crippen LogP contribution in [0.25, 0.3) is 0 Å². The van der Waals surface area contributed by atoms with Gasteiger partial charge < -0.3 is 14.5 Å². The Morgan fingerprint density at radius 3 is 2.44 bits per heavy atom. The average molecular weight is 337 g/mol. The molecule has 1 aromatic heterocycles. The molecular formula is C19H19N3O3. The van der Waals surface area contributed by atoms with Crippen LogP contribution in [0.3, 0.4) is 0 Å². The molecule has 1 saturated heterocycles.